The second-order valence-corrected chi connectivity index (χ2v) is 7.02. The van der Waals surface area contributed by atoms with Crippen molar-refractivity contribution in [3.8, 4) is 0 Å². The summed E-state index contributed by atoms with van der Waals surface area (Å²) >= 11 is 0. The molecule has 2 bridgehead atoms. The van der Waals surface area contributed by atoms with Crippen molar-refractivity contribution in [2.24, 2.45) is 17.8 Å². The van der Waals surface area contributed by atoms with Crippen LogP contribution in [0.1, 0.15) is 53.9 Å². The molecule has 118 valence electrons. The average Bonchev–Trinajstić information content (AvgIpc) is 2.38. The van der Waals surface area contributed by atoms with E-state index in [-0.39, 0.29) is 23.6 Å². The van der Waals surface area contributed by atoms with Gasteiger partial charge in [0.2, 0.25) is 0 Å². The number of hydrogen-bond donors (Lipinski definition) is 0. The molecule has 0 aromatic carbocycles. The van der Waals surface area contributed by atoms with Crippen molar-refractivity contribution in [1.29, 1.82) is 0 Å². The molecule has 21 heavy (non-hydrogen) atoms. The number of hydrogen-bond acceptors (Lipinski definition) is 5. The zero-order chi connectivity index (χ0) is 16.0. The lowest BCUT2D eigenvalue weighted by Crippen LogP contribution is -2.64. The number of ketones is 1. The first kappa shape index (κ1) is 16.0. The van der Waals surface area contributed by atoms with E-state index in [0.29, 0.717) is 12.8 Å². The Morgan fingerprint density at radius 3 is 2.38 bits per heavy atom. The molecule has 2 heterocycles. The van der Waals surface area contributed by atoms with E-state index in [1.165, 1.54) is 0 Å². The van der Waals surface area contributed by atoms with Crippen molar-refractivity contribution < 1.29 is 23.9 Å². The molecule has 0 amide bonds. The standard InChI is InChI=1S/C16H24O5/c1-9(2)12(17)10(3)13(18)20-16(5)8-11-6-7-15(16,4)21-14(11)19/h9-11H,6-8H2,1-5H3. The summed E-state index contributed by atoms with van der Waals surface area (Å²) in [4.78, 5) is 36.0. The highest BCUT2D eigenvalue weighted by atomic mass is 16.6. The summed E-state index contributed by atoms with van der Waals surface area (Å²) in [7, 11) is 0. The van der Waals surface area contributed by atoms with E-state index in [2.05, 4.69) is 0 Å². The quantitative estimate of drug-likeness (QED) is 0.588. The van der Waals surface area contributed by atoms with Crippen LogP contribution in [0.15, 0.2) is 0 Å². The fraction of sp³-hybridized carbons (Fsp3) is 0.812. The normalized spacial score (nSPS) is 36.3. The summed E-state index contributed by atoms with van der Waals surface area (Å²) in [6.07, 6.45) is 1.92. The molecular formula is C16H24O5. The molecule has 5 heteroatoms. The summed E-state index contributed by atoms with van der Waals surface area (Å²) in [6.45, 7) is 8.71. The fourth-order valence-corrected chi connectivity index (χ4v) is 3.24. The molecule has 0 radical (unpaired) electrons. The van der Waals surface area contributed by atoms with Gasteiger partial charge in [-0.1, -0.05) is 13.8 Å². The van der Waals surface area contributed by atoms with Gasteiger partial charge >= 0.3 is 11.9 Å². The van der Waals surface area contributed by atoms with Crippen LogP contribution in [0.5, 0.6) is 0 Å². The van der Waals surface area contributed by atoms with Crippen molar-refractivity contribution in [2.45, 2.75) is 65.1 Å². The average molecular weight is 296 g/mol. The van der Waals surface area contributed by atoms with Gasteiger partial charge in [0, 0.05) is 12.3 Å². The van der Waals surface area contributed by atoms with Gasteiger partial charge < -0.3 is 9.47 Å². The van der Waals surface area contributed by atoms with Crippen LogP contribution in [-0.4, -0.2) is 28.9 Å². The van der Waals surface area contributed by atoms with Crippen molar-refractivity contribution in [3.05, 3.63) is 0 Å². The van der Waals surface area contributed by atoms with Crippen LogP contribution in [-0.2, 0) is 23.9 Å². The topological polar surface area (TPSA) is 69.7 Å². The fourth-order valence-electron chi connectivity index (χ4n) is 3.24. The van der Waals surface area contributed by atoms with Crippen LogP contribution in [0.2, 0.25) is 0 Å². The molecule has 2 saturated heterocycles. The van der Waals surface area contributed by atoms with Crippen LogP contribution in [0.25, 0.3) is 0 Å². The molecular weight excluding hydrogens is 272 g/mol. The minimum Gasteiger partial charge on any atom is -0.455 e. The third-order valence-corrected chi connectivity index (χ3v) is 5.06. The number of ether oxygens (including phenoxy) is 2. The first-order valence-electron chi connectivity index (χ1n) is 7.59. The number of Topliss-reactive ketones (excluding diaryl/α,β-unsaturated/α-hetero) is 1. The van der Waals surface area contributed by atoms with Crippen LogP contribution in [0, 0.1) is 17.8 Å². The molecule has 0 N–H and O–H groups in total. The Bertz CT molecular complexity index is 483. The van der Waals surface area contributed by atoms with E-state index >= 15 is 0 Å². The lowest BCUT2D eigenvalue weighted by atomic mass is 9.66. The molecule has 4 unspecified atom stereocenters. The largest absolute Gasteiger partial charge is 0.455 e. The van der Waals surface area contributed by atoms with E-state index in [9.17, 15) is 14.4 Å². The maximum absolute atomic E-state index is 12.3. The molecule has 0 aromatic heterocycles. The third kappa shape index (κ3) is 2.58. The highest BCUT2D eigenvalue weighted by Crippen LogP contribution is 2.50. The van der Waals surface area contributed by atoms with Gasteiger partial charge in [-0.15, -0.1) is 0 Å². The molecule has 0 spiro atoms. The first-order chi connectivity index (χ1) is 9.59. The first-order valence-corrected chi connectivity index (χ1v) is 7.59. The molecule has 3 fully saturated rings. The maximum Gasteiger partial charge on any atom is 0.316 e. The maximum atomic E-state index is 12.3. The smallest absolute Gasteiger partial charge is 0.316 e. The second-order valence-electron chi connectivity index (χ2n) is 7.02. The molecule has 2 aliphatic heterocycles. The van der Waals surface area contributed by atoms with Crippen molar-refractivity contribution in [3.63, 3.8) is 0 Å². The van der Waals surface area contributed by atoms with Crippen molar-refractivity contribution >= 4 is 17.7 Å². The van der Waals surface area contributed by atoms with Gasteiger partial charge in [-0.25, -0.2) is 0 Å². The molecule has 1 saturated carbocycles. The molecule has 0 aromatic rings. The summed E-state index contributed by atoms with van der Waals surface area (Å²) in [5.74, 6) is -2.07. The zero-order valence-electron chi connectivity index (χ0n) is 13.4. The van der Waals surface area contributed by atoms with Gasteiger partial charge in [0.15, 0.2) is 0 Å². The predicted octanol–water partition coefficient (Wildman–Crippen LogP) is 2.27. The van der Waals surface area contributed by atoms with Crippen LogP contribution < -0.4 is 0 Å². The number of fused-ring (bicyclic) bond motifs is 3. The van der Waals surface area contributed by atoms with E-state index < -0.39 is 23.1 Å². The predicted molar refractivity (Wildman–Crippen MR) is 75.3 cm³/mol. The third-order valence-electron chi connectivity index (χ3n) is 5.06. The van der Waals surface area contributed by atoms with Crippen LogP contribution >= 0.6 is 0 Å². The van der Waals surface area contributed by atoms with Gasteiger partial charge in [-0.2, -0.15) is 0 Å². The second kappa shape index (κ2) is 5.11. The van der Waals surface area contributed by atoms with Gasteiger partial charge in [-0.05, 0) is 33.6 Å². The monoisotopic (exact) mass is 296 g/mol. The van der Waals surface area contributed by atoms with Gasteiger partial charge in [0.25, 0.3) is 0 Å². The summed E-state index contributed by atoms with van der Waals surface area (Å²) in [6, 6.07) is 0. The number of esters is 2. The number of carbonyl (C=O) groups excluding carboxylic acids is 3. The Kier molecular flexibility index (Phi) is 3.89. The van der Waals surface area contributed by atoms with Gasteiger partial charge in [0.1, 0.15) is 22.9 Å². The Labute approximate surface area is 125 Å². The minimum absolute atomic E-state index is 0.133. The van der Waals surface area contributed by atoms with Gasteiger partial charge in [-0.3, -0.25) is 14.4 Å². The SMILES string of the molecule is CC(C)C(=O)C(C)C(=O)OC1(C)CC2CCC1(C)OC2=O. The molecule has 3 aliphatic rings. The van der Waals surface area contributed by atoms with Crippen LogP contribution in [0.4, 0.5) is 0 Å². The van der Waals surface area contributed by atoms with E-state index in [4.69, 9.17) is 9.47 Å². The van der Waals surface area contributed by atoms with Crippen molar-refractivity contribution in [1.82, 2.24) is 0 Å². The molecule has 4 atom stereocenters. The van der Waals surface area contributed by atoms with E-state index in [0.717, 1.165) is 6.42 Å². The summed E-state index contributed by atoms with van der Waals surface area (Å²) in [5.41, 5.74) is -1.65. The van der Waals surface area contributed by atoms with Gasteiger partial charge in [0.05, 0.1) is 5.92 Å². The Morgan fingerprint density at radius 1 is 1.29 bits per heavy atom. The summed E-state index contributed by atoms with van der Waals surface area (Å²) in [5, 5.41) is 0. The molecule has 5 nitrogen and oxygen atoms in total. The number of rotatable bonds is 4. The highest BCUT2D eigenvalue weighted by molar-refractivity contribution is 5.99. The molecule has 1 aliphatic carbocycles. The van der Waals surface area contributed by atoms with E-state index in [1.807, 2.05) is 6.92 Å². The van der Waals surface area contributed by atoms with E-state index in [1.54, 1.807) is 27.7 Å². The minimum atomic E-state index is -0.855. The van der Waals surface area contributed by atoms with Crippen molar-refractivity contribution in [2.75, 3.05) is 0 Å². The Hall–Kier alpha value is -1.39. The Balaban J connectivity index is 2.14. The summed E-state index contributed by atoms with van der Waals surface area (Å²) < 4.78 is 11.1. The Morgan fingerprint density at radius 2 is 1.90 bits per heavy atom. The van der Waals surface area contributed by atoms with Crippen LogP contribution in [0.3, 0.4) is 0 Å². The zero-order valence-corrected chi connectivity index (χ0v) is 13.4. The number of carbonyl (C=O) groups is 3. The molecule has 3 rings (SSSR count). The highest BCUT2D eigenvalue weighted by Gasteiger charge is 2.60. The lowest BCUT2D eigenvalue weighted by molar-refractivity contribution is -0.248. The lowest BCUT2D eigenvalue weighted by Gasteiger charge is -2.54.